The van der Waals surface area contributed by atoms with Crippen molar-refractivity contribution in [3.63, 3.8) is 0 Å². The maximum atomic E-state index is 10.8. The number of fused-ring (bicyclic) bond motifs is 4. The molecule has 7 aromatic carbocycles. The molecule has 0 saturated heterocycles. The van der Waals surface area contributed by atoms with Crippen LogP contribution >= 0.6 is 11.3 Å². The molecule has 0 amide bonds. The van der Waals surface area contributed by atoms with E-state index in [0.29, 0.717) is 11.3 Å². The van der Waals surface area contributed by atoms with E-state index in [1.165, 1.54) is 20.5 Å². The van der Waals surface area contributed by atoms with Crippen LogP contribution in [0.15, 0.2) is 192 Å². The summed E-state index contributed by atoms with van der Waals surface area (Å²) in [5, 5.41) is 14.2. The van der Waals surface area contributed by atoms with E-state index in [-0.39, 0.29) is 26.8 Å². The number of pyridine rings is 2. The Hall–Kier alpha value is -6.91. The van der Waals surface area contributed by atoms with Gasteiger partial charge >= 0.3 is 0 Å². The van der Waals surface area contributed by atoms with E-state index in [2.05, 4.69) is 134 Å². The third-order valence-electron chi connectivity index (χ3n) is 11.1. The minimum Gasteiger partial charge on any atom is -0.507 e. The van der Waals surface area contributed by atoms with Crippen molar-refractivity contribution in [3.8, 4) is 83.3 Å². The monoisotopic (exact) mass is 982 g/mol. The van der Waals surface area contributed by atoms with Crippen molar-refractivity contribution >= 4 is 43.4 Å². The summed E-state index contributed by atoms with van der Waals surface area (Å²) >= 11 is 1.80. The first-order valence-corrected chi connectivity index (χ1v) is 20.8. The van der Waals surface area contributed by atoms with Crippen LogP contribution in [-0.2, 0) is 21.1 Å². The Kier molecular flexibility index (Phi) is 10.0. The molecule has 0 atom stereocenters. The molecule has 1 N–H and O–H groups in total. The van der Waals surface area contributed by atoms with Crippen molar-refractivity contribution in [1.82, 2.24) is 9.97 Å². The molecule has 0 spiro atoms. The van der Waals surface area contributed by atoms with Crippen LogP contribution in [0.4, 0.5) is 0 Å². The quantitative estimate of drug-likeness (QED) is 0.162. The van der Waals surface area contributed by atoms with E-state index in [1.807, 2.05) is 60.7 Å². The third-order valence-corrected chi connectivity index (χ3v) is 12.4. The molecule has 0 radical (unpaired) electrons. The molecule has 0 aliphatic heterocycles. The second-order valence-electron chi connectivity index (χ2n) is 15.0. The number of furan rings is 1. The topological polar surface area (TPSA) is 59.2 Å². The summed E-state index contributed by atoms with van der Waals surface area (Å²) in [5.41, 5.74) is 15.0. The van der Waals surface area contributed by atoms with Gasteiger partial charge in [0.1, 0.15) is 16.9 Å². The summed E-state index contributed by atoms with van der Waals surface area (Å²) in [4.78, 5) is 11.3. The molecule has 61 heavy (non-hydrogen) atoms. The van der Waals surface area contributed by atoms with Crippen molar-refractivity contribution < 1.29 is 30.6 Å². The smallest absolute Gasteiger partial charge is 0.143 e. The summed E-state index contributed by atoms with van der Waals surface area (Å²) in [6, 6.07) is 68.0. The maximum absolute atomic E-state index is 10.8. The second kappa shape index (κ2) is 15.9. The van der Waals surface area contributed by atoms with E-state index >= 15 is 0 Å². The summed E-state index contributed by atoms with van der Waals surface area (Å²) in [7, 11) is 0. The summed E-state index contributed by atoms with van der Waals surface area (Å²) < 4.78 is 7.94. The number of rotatable bonds is 7. The van der Waals surface area contributed by atoms with Gasteiger partial charge < -0.3 is 9.52 Å². The summed E-state index contributed by atoms with van der Waals surface area (Å²) in [5.74, 6) is 0.186. The van der Waals surface area contributed by atoms with Crippen LogP contribution in [0.3, 0.4) is 0 Å². The Bertz CT molecular complexity index is 3410. The number of nitrogens with zero attached hydrogens (tertiary/aromatic N) is 2. The number of thiophene rings is 1. The van der Waals surface area contributed by atoms with E-state index in [1.54, 1.807) is 17.4 Å². The average Bonchev–Trinajstić information content (AvgIpc) is 3.88. The van der Waals surface area contributed by atoms with Gasteiger partial charge in [0.25, 0.3) is 0 Å². The van der Waals surface area contributed by atoms with Gasteiger partial charge in [0.2, 0.25) is 0 Å². The van der Waals surface area contributed by atoms with Crippen LogP contribution in [0.25, 0.3) is 110 Å². The fourth-order valence-electron chi connectivity index (χ4n) is 8.33. The fourth-order valence-corrected chi connectivity index (χ4v) is 9.55. The molecule has 6 heteroatoms. The fraction of sp³-hybridized carbons (Fsp3) is 0.0182. The molecule has 0 saturated carbocycles. The molecule has 11 rings (SSSR count). The standard InChI is InChI=1S/C55H35N2O2S.Pt/c1-34-28-41(32-47(56-34)37-18-12-19-38(29-37)48-30-40(35-14-4-2-5-15-35)31-49(57-48)45-20-8-10-24-50(45)58)55-53(46-21-9-11-25-52(46)60-55)39-26-27-43-44-23-13-22-42(36-16-6-3-7-17-36)54(44)59-51(43)33-39;/h2-28,30-33,58H,1H3;/q-1;. The molecule has 4 heterocycles. The van der Waals surface area contributed by atoms with Crippen LogP contribution in [0.5, 0.6) is 5.75 Å². The number of para-hydroxylation sites is 2. The number of hydrogen-bond acceptors (Lipinski definition) is 5. The molecule has 11 aromatic rings. The minimum atomic E-state index is 0. The minimum absolute atomic E-state index is 0. The molecular weight excluding hydrogens is 948 g/mol. The first-order chi connectivity index (χ1) is 29.5. The largest absolute Gasteiger partial charge is 0.507 e. The molecule has 0 unspecified atom stereocenters. The number of aromatic hydroxyl groups is 1. The van der Waals surface area contributed by atoms with Gasteiger partial charge in [-0.2, -0.15) is 0 Å². The SMILES string of the molecule is Cc1cc(-c2sc3ccccc3c2-c2ccc3c(c2)oc2c(-c4ccccc4)cccc23)cc(-c2[c-]c(-c3cc(-c4ccccc4)cc(-c4ccccc4O)n3)ccc2)n1.[Pt]. The Morgan fingerprint density at radius 1 is 0.492 bits per heavy atom. The van der Waals surface area contributed by atoms with Crippen LogP contribution in [0.1, 0.15) is 5.69 Å². The van der Waals surface area contributed by atoms with Crippen LogP contribution < -0.4 is 0 Å². The van der Waals surface area contributed by atoms with Gasteiger partial charge in [-0.25, -0.2) is 0 Å². The van der Waals surface area contributed by atoms with Gasteiger partial charge in [0, 0.05) is 80.6 Å². The van der Waals surface area contributed by atoms with Crippen molar-refractivity contribution in [3.05, 3.63) is 200 Å². The van der Waals surface area contributed by atoms with Gasteiger partial charge in [-0.3, -0.25) is 9.97 Å². The van der Waals surface area contributed by atoms with Crippen LogP contribution in [0, 0.1) is 13.0 Å². The zero-order valence-corrected chi connectivity index (χ0v) is 36.0. The van der Waals surface area contributed by atoms with E-state index < -0.39 is 0 Å². The number of aryl methyl sites for hydroxylation is 1. The van der Waals surface area contributed by atoms with Gasteiger partial charge in [-0.05, 0) is 77.2 Å². The predicted molar refractivity (Wildman–Crippen MR) is 248 cm³/mol. The zero-order valence-electron chi connectivity index (χ0n) is 32.9. The van der Waals surface area contributed by atoms with E-state index in [9.17, 15) is 5.11 Å². The zero-order chi connectivity index (χ0) is 40.2. The molecule has 0 fully saturated rings. The second-order valence-corrected chi connectivity index (χ2v) is 16.1. The Morgan fingerprint density at radius 3 is 1.93 bits per heavy atom. The van der Waals surface area contributed by atoms with Crippen molar-refractivity contribution in [2.45, 2.75) is 6.92 Å². The van der Waals surface area contributed by atoms with Crippen molar-refractivity contribution in [2.24, 2.45) is 0 Å². The van der Waals surface area contributed by atoms with Crippen molar-refractivity contribution in [2.75, 3.05) is 0 Å². The normalized spacial score (nSPS) is 11.3. The first-order valence-electron chi connectivity index (χ1n) is 19.9. The Balaban J connectivity index is 0.00000445. The average molecular weight is 983 g/mol. The predicted octanol–water partition coefficient (Wildman–Crippen LogP) is 15.1. The van der Waals surface area contributed by atoms with Crippen LogP contribution in [-0.4, -0.2) is 15.1 Å². The molecule has 0 aliphatic rings. The Morgan fingerprint density at radius 2 is 1.13 bits per heavy atom. The van der Waals surface area contributed by atoms with E-state index in [4.69, 9.17) is 14.4 Å². The van der Waals surface area contributed by atoms with Crippen molar-refractivity contribution in [1.29, 1.82) is 0 Å². The summed E-state index contributed by atoms with van der Waals surface area (Å²) in [6.07, 6.45) is 0. The molecule has 294 valence electrons. The number of phenols is 1. The molecule has 4 aromatic heterocycles. The molecular formula is C55H35N2O2PtS-. The van der Waals surface area contributed by atoms with Gasteiger partial charge in [0.05, 0.1) is 5.69 Å². The molecule has 4 nitrogen and oxygen atoms in total. The van der Waals surface area contributed by atoms with Crippen LogP contribution in [0.2, 0.25) is 0 Å². The molecule has 0 bridgehead atoms. The maximum Gasteiger partial charge on any atom is 0.143 e. The van der Waals surface area contributed by atoms with Gasteiger partial charge in [-0.1, -0.05) is 139 Å². The first kappa shape index (κ1) is 38.3. The number of phenolic OH excluding ortho intramolecular Hbond substituents is 1. The van der Waals surface area contributed by atoms with E-state index in [0.717, 1.165) is 83.5 Å². The molecule has 0 aliphatic carbocycles. The number of benzene rings is 7. The Labute approximate surface area is 371 Å². The third kappa shape index (κ3) is 7.06. The number of aromatic nitrogens is 2. The number of hydrogen-bond donors (Lipinski definition) is 1. The summed E-state index contributed by atoms with van der Waals surface area (Å²) in [6.45, 7) is 2.05. The van der Waals surface area contributed by atoms with Gasteiger partial charge in [0.15, 0.2) is 0 Å². The van der Waals surface area contributed by atoms with Gasteiger partial charge in [-0.15, -0.1) is 35.6 Å².